The average Bonchev–Trinajstić information content (AvgIpc) is 2.52. The van der Waals surface area contributed by atoms with Crippen LogP contribution in [0.25, 0.3) is 10.9 Å². The van der Waals surface area contributed by atoms with Gasteiger partial charge in [-0.3, -0.25) is 4.98 Å². The summed E-state index contributed by atoms with van der Waals surface area (Å²) in [5.74, 6) is 0. The molecule has 1 fully saturated rings. The van der Waals surface area contributed by atoms with E-state index in [1.807, 2.05) is 26.8 Å². The minimum Gasteiger partial charge on any atom is -0.444 e. The molecular formula is C20H25BrN2O3. The third kappa shape index (κ3) is 4.35. The van der Waals surface area contributed by atoms with Crippen LogP contribution in [0.5, 0.6) is 0 Å². The maximum atomic E-state index is 12.0. The number of carbonyl (C=O) groups is 1. The lowest BCUT2D eigenvalue weighted by atomic mass is 10.0. The molecule has 0 N–H and O–H groups in total. The molecule has 0 spiro atoms. The number of rotatable bonds is 4. The number of carbonyl (C=O) groups excluding carboxylic acids is 1. The molecule has 1 amide bonds. The van der Waals surface area contributed by atoms with Gasteiger partial charge in [0, 0.05) is 21.6 Å². The molecule has 0 bridgehead atoms. The molecule has 3 rings (SSSR count). The highest BCUT2D eigenvalue weighted by atomic mass is 79.9. The molecule has 1 aliphatic heterocycles. The summed E-state index contributed by atoms with van der Waals surface area (Å²) in [5, 5.41) is 1.11. The van der Waals surface area contributed by atoms with Crippen LogP contribution in [0.3, 0.4) is 0 Å². The molecule has 0 atom stereocenters. The second-order valence-electron chi connectivity index (χ2n) is 7.62. The van der Waals surface area contributed by atoms with Crippen molar-refractivity contribution in [1.29, 1.82) is 0 Å². The van der Waals surface area contributed by atoms with Gasteiger partial charge in [-0.1, -0.05) is 28.9 Å². The molecule has 0 aliphatic carbocycles. The van der Waals surface area contributed by atoms with E-state index < -0.39 is 5.60 Å². The number of hydrogen-bond donors (Lipinski definition) is 0. The quantitative estimate of drug-likeness (QED) is 0.719. The van der Waals surface area contributed by atoms with Gasteiger partial charge in [0.1, 0.15) is 5.60 Å². The molecule has 2 aromatic rings. The van der Waals surface area contributed by atoms with Crippen LogP contribution < -0.4 is 0 Å². The van der Waals surface area contributed by atoms with Gasteiger partial charge in [-0.05, 0) is 44.9 Å². The van der Waals surface area contributed by atoms with Crippen LogP contribution in [0.15, 0.2) is 28.9 Å². The van der Waals surface area contributed by atoms with E-state index in [0.717, 1.165) is 27.4 Å². The van der Waals surface area contributed by atoms with Crippen LogP contribution in [0, 0.1) is 0 Å². The summed E-state index contributed by atoms with van der Waals surface area (Å²) in [6.07, 6.45) is 2.52. The molecule has 1 aliphatic rings. The molecule has 0 unspecified atom stereocenters. The summed E-state index contributed by atoms with van der Waals surface area (Å²) in [7, 11) is 0. The highest BCUT2D eigenvalue weighted by Gasteiger charge is 2.34. The number of benzene rings is 1. The number of fused-ring (bicyclic) bond motifs is 1. The fraction of sp³-hybridized carbons (Fsp3) is 0.500. The van der Waals surface area contributed by atoms with Crippen molar-refractivity contribution in [2.24, 2.45) is 0 Å². The molecule has 2 heterocycles. The highest BCUT2D eigenvalue weighted by molar-refractivity contribution is 9.10. The zero-order chi connectivity index (χ0) is 18.9. The smallest absolute Gasteiger partial charge is 0.410 e. The second kappa shape index (κ2) is 7.53. The number of amides is 1. The number of aromatic nitrogens is 1. The van der Waals surface area contributed by atoms with Crippen LogP contribution in [0.2, 0.25) is 0 Å². The molecule has 140 valence electrons. The minimum atomic E-state index is -0.471. The Morgan fingerprint density at radius 1 is 1.35 bits per heavy atom. The maximum Gasteiger partial charge on any atom is 0.410 e. The van der Waals surface area contributed by atoms with E-state index in [1.165, 1.54) is 5.56 Å². The zero-order valence-electron chi connectivity index (χ0n) is 15.7. The van der Waals surface area contributed by atoms with E-state index in [-0.39, 0.29) is 12.2 Å². The first-order valence-corrected chi connectivity index (χ1v) is 9.71. The molecule has 26 heavy (non-hydrogen) atoms. The number of aryl methyl sites for hydroxylation is 1. The first-order valence-electron chi connectivity index (χ1n) is 8.92. The van der Waals surface area contributed by atoms with Gasteiger partial charge in [0.05, 0.1) is 31.3 Å². The summed E-state index contributed by atoms with van der Waals surface area (Å²) in [6.45, 7) is 9.37. The van der Waals surface area contributed by atoms with Crippen molar-refractivity contribution >= 4 is 32.9 Å². The first kappa shape index (κ1) is 19.1. The first-order chi connectivity index (χ1) is 12.3. The Morgan fingerprint density at radius 3 is 2.73 bits per heavy atom. The lowest BCUT2D eigenvalue weighted by molar-refractivity contribution is -0.0689. The van der Waals surface area contributed by atoms with Crippen LogP contribution in [0.1, 0.15) is 38.8 Å². The Hall–Kier alpha value is -1.66. The summed E-state index contributed by atoms with van der Waals surface area (Å²) >= 11 is 3.61. The van der Waals surface area contributed by atoms with Crippen molar-refractivity contribution in [3.63, 3.8) is 0 Å². The Kier molecular flexibility index (Phi) is 5.53. The van der Waals surface area contributed by atoms with E-state index in [1.54, 1.807) is 11.1 Å². The van der Waals surface area contributed by atoms with Gasteiger partial charge in [-0.25, -0.2) is 4.79 Å². The average molecular weight is 421 g/mol. The fourth-order valence-corrected chi connectivity index (χ4v) is 3.32. The highest BCUT2D eigenvalue weighted by Crippen LogP contribution is 2.28. The summed E-state index contributed by atoms with van der Waals surface area (Å²) in [6, 6.07) is 6.28. The van der Waals surface area contributed by atoms with Crippen LogP contribution in [-0.2, 0) is 22.5 Å². The Labute approximate surface area is 162 Å². The van der Waals surface area contributed by atoms with Gasteiger partial charge < -0.3 is 14.4 Å². The van der Waals surface area contributed by atoms with Gasteiger partial charge in [0.2, 0.25) is 0 Å². The molecular weight excluding hydrogens is 396 g/mol. The number of pyridine rings is 1. The third-order valence-electron chi connectivity index (χ3n) is 4.31. The van der Waals surface area contributed by atoms with Gasteiger partial charge >= 0.3 is 6.09 Å². The Balaban J connectivity index is 1.63. The van der Waals surface area contributed by atoms with Gasteiger partial charge in [-0.15, -0.1) is 0 Å². The number of hydrogen-bond acceptors (Lipinski definition) is 4. The van der Waals surface area contributed by atoms with Crippen molar-refractivity contribution < 1.29 is 14.3 Å². The monoisotopic (exact) mass is 420 g/mol. The molecule has 1 aromatic heterocycles. The third-order valence-corrected chi connectivity index (χ3v) is 5.00. The van der Waals surface area contributed by atoms with Crippen molar-refractivity contribution in [2.45, 2.75) is 52.4 Å². The summed E-state index contributed by atoms with van der Waals surface area (Å²) < 4.78 is 12.4. The van der Waals surface area contributed by atoms with Crippen LogP contribution in [-0.4, -0.2) is 40.8 Å². The Bertz CT molecular complexity index is 811. The predicted molar refractivity (Wildman–Crippen MR) is 105 cm³/mol. The van der Waals surface area contributed by atoms with Gasteiger partial charge in [0.25, 0.3) is 0 Å². The van der Waals surface area contributed by atoms with Crippen LogP contribution in [0.4, 0.5) is 4.79 Å². The largest absolute Gasteiger partial charge is 0.444 e. The molecule has 5 nitrogen and oxygen atoms in total. The number of nitrogens with zero attached hydrogens (tertiary/aromatic N) is 2. The minimum absolute atomic E-state index is 0.0370. The van der Waals surface area contributed by atoms with Crippen molar-refractivity contribution in [3.8, 4) is 0 Å². The number of likely N-dealkylation sites (tertiary alicyclic amines) is 1. The van der Waals surface area contributed by atoms with Crippen molar-refractivity contribution in [3.05, 3.63) is 40.0 Å². The van der Waals surface area contributed by atoms with E-state index in [0.29, 0.717) is 19.7 Å². The molecule has 1 aromatic carbocycles. The van der Waals surface area contributed by atoms with Crippen molar-refractivity contribution in [1.82, 2.24) is 9.88 Å². The zero-order valence-corrected chi connectivity index (χ0v) is 17.3. The van der Waals surface area contributed by atoms with E-state index in [4.69, 9.17) is 9.47 Å². The summed E-state index contributed by atoms with van der Waals surface area (Å²) in [4.78, 5) is 18.2. The Morgan fingerprint density at radius 2 is 2.08 bits per heavy atom. The fourth-order valence-electron chi connectivity index (χ4n) is 2.90. The standard InChI is InChI=1S/C20H25BrN2O3/c1-5-13-8-14(18-16(9-13)17(21)6-7-22-18)12-25-15-10-23(11-15)19(24)26-20(2,3)4/h6-9,15H,5,10-12H2,1-4H3. The second-order valence-corrected chi connectivity index (χ2v) is 8.47. The van der Waals surface area contributed by atoms with Gasteiger partial charge in [0.15, 0.2) is 0 Å². The lowest BCUT2D eigenvalue weighted by Gasteiger charge is -2.39. The predicted octanol–water partition coefficient (Wildman–Crippen LogP) is 4.70. The number of ether oxygens (including phenoxy) is 2. The van der Waals surface area contributed by atoms with E-state index in [9.17, 15) is 4.79 Å². The van der Waals surface area contributed by atoms with Crippen LogP contribution >= 0.6 is 15.9 Å². The molecule has 0 saturated carbocycles. The van der Waals surface area contributed by atoms with E-state index in [2.05, 4.69) is 40.0 Å². The van der Waals surface area contributed by atoms with Crippen molar-refractivity contribution in [2.75, 3.05) is 13.1 Å². The van der Waals surface area contributed by atoms with Gasteiger partial charge in [-0.2, -0.15) is 0 Å². The molecule has 0 radical (unpaired) electrons. The number of halogens is 1. The topological polar surface area (TPSA) is 51.7 Å². The maximum absolute atomic E-state index is 12.0. The lowest BCUT2D eigenvalue weighted by Crippen LogP contribution is -2.55. The summed E-state index contributed by atoms with van der Waals surface area (Å²) in [5.41, 5.74) is 2.83. The normalized spacial score (nSPS) is 15.2. The van der Waals surface area contributed by atoms with E-state index >= 15 is 0 Å². The SMILES string of the molecule is CCc1cc(COC2CN(C(=O)OC(C)(C)C)C2)c2nccc(Br)c2c1. The molecule has 6 heteroatoms. The molecule has 1 saturated heterocycles.